The highest BCUT2D eigenvalue weighted by atomic mass is 35.5. The van der Waals surface area contributed by atoms with Crippen LogP contribution < -0.4 is 26.1 Å². The number of rotatable bonds is 16. The third kappa shape index (κ3) is 11.5. The second-order valence-corrected chi connectivity index (χ2v) is 21.2. The van der Waals surface area contributed by atoms with Crippen LogP contribution in [0.15, 0.2) is 90.2 Å². The summed E-state index contributed by atoms with van der Waals surface area (Å²) in [6.07, 6.45) is 6.10. The van der Waals surface area contributed by atoms with Gasteiger partial charge in [0.15, 0.2) is 5.82 Å². The van der Waals surface area contributed by atoms with E-state index in [1.54, 1.807) is 11.0 Å². The smallest absolute Gasteiger partial charge is 0.348 e. The number of hydrogen-bond acceptors (Lipinski definition) is 14. The van der Waals surface area contributed by atoms with Gasteiger partial charge in [-0.05, 0) is 110 Å². The lowest BCUT2D eigenvalue weighted by Crippen LogP contribution is -2.55. The predicted octanol–water partition coefficient (Wildman–Crippen LogP) is 6.55. The van der Waals surface area contributed by atoms with Gasteiger partial charge in [0.2, 0.25) is 23.7 Å². The zero-order valence-electron chi connectivity index (χ0n) is 44.0. The number of anilines is 3. The molecule has 5 N–H and O–H groups in total. The molecule has 3 amide bonds. The van der Waals surface area contributed by atoms with Crippen molar-refractivity contribution in [1.29, 1.82) is 5.26 Å². The highest BCUT2D eigenvalue weighted by Crippen LogP contribution is 2.38. The number of likely N-dealkylation sites (tertiary alicyclic amines) is 2. The fourth-order valence-electron chi connectivity index (χ4n) is 11.6. The number of aromatic hydroxyl groups is 2. The van der Waals surface area contributed by atoms with Crippen LogP contribution in [0, 0.1) is 23.2 Å². The van der Waals surface area contributed by atoms with E-state index in [9.17, 15) is 34.7 Å². The molecule has 0 spiro atoms. The van der Waals surface area contributed by atoms with E-state index in [-0.39, 0.29) is 65.8 Å². The van der Waals surface area contributed by atoms with Crippen LogP contribution in [-0.4, -0.2) is 139 Å². The Morgan fingerprint density at radius 1 is 0.923 bits per heavy atom. The maximum absolute atomic E-state index is 13.7. The van der Waals surface area contributed by atoms with Crippen LogP contribution in [0.1, 0.15) is 67.8 Å². The number of benzene rings is 4. The molecule has 6 aromatic rings. The second kappa shape index (κ2) is 23.7. The van der Waals surface area contributed by atoms with Gasteiger partial charge in [-0.3, -0.25) is 19.3 Å². The van der Waals surface area contributed by atoms with Crippen LogP contribution in [0.2, 0.25) is 5.02 Å². The number of piperazine rings is 1. The first-order valence-corrected chi connectivity index (χ1v) is 27.5. The molecule has 10 rings (SSSR count). The van der Waals surface area contributed by atoms with Gasteiger partial charge in [-0.25, -0.2) is 19.4 Å². The van der Waals surface area contributed by atoms with Crippen LogP contribution in [0.4, 0.5) is 17.5 Å². The molecule has 0 saturated carbocycles. The van der Waals surface area contributed by atoms with Crippen LogP contribution in [0.3, 0.4) is 0 Å². The SMILES string of the molecule is C=CC(=O)N1CCN(c2nc(NCCC(=O)NCC3CCN(C(=O)C4CCN(Cc5ccc(-n6c(-c7cc(CC)c(O)cc7O)n[nH]c6=O)cc5)CC4)CC3)nc3c2CCN(c2cccc4cccc(Cl)c24)C3)C[C@H]1CC#N. The number of piperidine rings is 2. The summed E-state index contributed by atoms with van der Waals surface area (Å²) >= 11 is 6.78. The summed E-state index contributed by atoms with van der Waals surface area (Å²) in [5.74, 6) is 1.41. The molecule has 20 heteroatoms. The van der Waals surface area contributed by atoms with Crippen molar-refractivity contribution in [3.63, 3.8) is 0 Å². The Morgan fingerprint density at radius 3 is 2.44 bits per heavy atom. The molecule has 0 radical (unpaired) electrons. The number of H-pyrrole nitrogens is 1. The Labute approximate surface area is 458 Å². The molecular formula is C58H66ClN13O6. The summed E-state index contributed by atoms with van der Waals surface area (Å²) in [7, 11) is 0. The Balaban J connectivity index is 0.693. The Hall–Kier alpha value is -7.95. The zero-order chi connectivity index (χ0) is 54.5. The maximum atomic E-state index is 13.7. The molecule has 0 bridgehead atoms. The van der Waals surface area contributed by atoms with Gasteiger partial charge in [0, 0.05) is 93.9 Å². The summed E-state index contributed by atoms with van der Waals surface area (Å²) in [6.45, 7) is 12.7. The first-order chi connectivity index (χ1) is 37.9. The number of halogens is 1. The number of nitriles is 1. The lowest BCUT2D eigenvalue weighted by molar-refractivity contribution is -0.138. The van der Waals surface area contributed by atoms with E-state index in [0.717, 1.165) is 77.9 Å². The van der Waals surface area contributed by atoms with Crippen molar-refractivity contribution in [3.8, 4) is 34.6 Å². The fourth-order valence-corrected chi connectivity index (χ4v) is 11.9. The molecule has 4 aromatic carbocycles. The molecule has 3 fully saturated rings. The molecule has 19 nitrogen and oxygen atoms in total. The topological polar surface area (TPSA) is 232 Å². The quantitative estimate of drug-likeness (QED) is 0.0648. The number of fused-ring (bicyclic) bond motifs is 2. The van der Waals surface area contributed by atoms with E-state index in [1.165, 1.54) is 16.7 Å². The third-order valence-corrected chi connectivity index (χ3v) is 16.3. The number of carbonyl (C=O) groups excluding carboxylic acids is 3. The lowest BCUT2D eigenvalue weighted by atomic mass is 9.92. The number of phenols is 2. The van der Waals surface area contributed by atoms with E-state index in [0.29, 0.717) is 106 Å². The van der Waals surface area contributed by atoms with Crippen molar-refractivity contribution in [1.82, 2.24) is 44.7 Å². The van der Waals surface area contributed by atoms with E-state index in [1.807, 2.05) is 54.3 Å². The molecule has 6 heterocycles. The van der Waals surface area contributed by atoms with Crippen LogP contribution in [-0.2, 0) is 40.3 Å². The van der Waals surface area contributed by atoms with Crippen molar-refractivity contribution in [2.75, 3.05) is 80.6 Å². The number of nitrogens with zero attached hydrogens (tertiary/aromatic N) is 10. The van der Waals surface area contributed by atoms with Crippen molar-refractivity contribution in [2.45, 2.75) is 77.4 Å². The van der Waals surface area contributed by atoms with Crippen molar-refractivity contribution in [3.05, 3.63) is 123 Å². The number of nitrogens with one attached hydrogen (secondary N) is 3. The average molecular weight is 1080 g/mol. The maximum Gasteiger partial charge on any atom is 0.348 e. The molecule has 4 aliphatic rings. The summed E-state index contributed by atoms with van der Waals surface area (Å²) in [6, 6.07) is 24.6. The van der Waals surface area contributed by atoms with Gasteiger partial charge in [0.25, 0.3) is 0 Å². The molecule has 1 atom stereocenters. The van der Waals surface area contributed by atoms with Gasteiger partial charge >= 0.3 is 5.69 Å². The Bertz CT molecular complexity index is 3300. The van der Waals surface area contributed by atoms with Crippen molar-refractivity contribution < 1.29 is 24.6 Å². The second-order valence-electron chi connectivity index (χ2n) is 20.8. The van der Waals surface area contributed by atoms with Gasteiger partial charge in [-0.2, -0.15) is 15.3 Å². The minimum atomic E-state index is -0.446. The monoisotopic (exact) mass is 1080 g/mol. The largest absolute Gasteiger partial charge is 0.508 e. The van der Waals surface area contributed by atoms with Crippen molar-refractivity contribution in [2.24, 2.45) is 11.8 Å². The lowest BCUT2D eigenvalue weighted by Gasteiger charge is -2.42. The summed E-state index contributed by atoms with van der Waals surface area (Å²) in [5, 5.41) is 46.4. The minimum absolute atomic E-state index is 0.0158. The number of amides is 3. The number of aromatic amines is 1. The van der Waals surface area contributed by atoms with Gasteiger partial charge in [0.05, 0.1) is 47.0 Å². The van der Waals surface area contributed by atoms with E-state index in [4.69, 9.17) is 21.6 Å². The summed E-state index contributed by atoms with van der Waals surface area (Å²) in [4.78, 5) is 73.3. The minimum Gasteiger partial charge on any atom is -0.508 e. The normalized spacial score (nSPS) is 17.4. The molecule has 406 valence electrons. The third-order valence-electron chi connectivity index (χ3n) is 16.0. The van der Waals surface area contributed by atoms with Crippen molar-refractivity contribution >= 4 is 57.5 Å². The first-order valence-electron chi connectivity index (χ1n) is 27.1. The zero-order valence-corrected chi connectivity index (χ0v) is 44.7. The number of phenolic OH excluding ortho intramolecular Hbond substituents is 2. The Kier molecular flexibility index (Phi) is 16.3. The van der Waals surface area contributed by atoms with Gasteiger partial charge in [-0.15, -0.1) is 0 Å². The molecule has 78 heavy (non-hydrogen) atoms. The Morgan fingerprint density at radius 2 is 1.69 bits per heavy atom. The number of hydrogen-bond donors (Lipinski definition) is 5. The molecule has 4 aliphatic heterocycles. The number of carbonyl (C=O) groups is 3. The molecule has 0 unspecified atom stereocenters. The predicted molar refractivity (Wildman–Crippen MR) is 300 cm³/mol. The van der Waals surface area contributed by atoms with Gasteiger partial charge < -0.3 is 40.4 Å². The highest BCUT2D eigenvalue weighted by molar-refractivity contribution is 6.36. The van der Waals surface area contributed by atoms with E-state index in [2.05, 4.69) is 66.4 Å². The van der Waals surface area contributed by atoms with E-state index < -0.39 is 5.69 Å². The first kappa shape index (κ1) is 53.4. The van der Waals surface area contributed by atoms with E-state index >= 15 is 0 Å². The average Bonchev–Trinajstić information content (AvgIpc) is 3.91. The number of aryl methyl sites for hydroxylation is 1. The van der Waals surface area contributed by atoms with Gasteiger partial charge in [0.1, 0.15) is 17.3 Å². The standard InChI is InChI=1S/C58H66ClN13O6/c1-3-39-31-45(50(74)32-49(39)73)55-65-66-58(78)72(55)42-13-11-38(12-14-42)34-67-24-19-41(20-25-67)56(77)68-26-17-37(18-27-68)33-62-51(75)16-23-61-57-63-47-36-69(48-10-6-8-40-7-5-9-46(59)53(40)48)28-21-44(47)54(64-57)70-29-30-71(52(76)4-2)43(35-70)15-22-60/h4-14,31-32,37,41,43,73-74H,2-3,15-21,23-30,33-36H2,1H3,(H,62,75)(H,66,78)(H,61,63,64)/t43-/m1/s1. The molecule has 0 aliphatic carbocycles. The highest BCUT2D eigenvalue weighted by Gasteiger charge is 2.35. The number of aromatic nitrogens is 5. The summed E-state index contributed by atoms with van der Waals surface area (Å²) in [5.41, 5.74) is 5.10. The molecular weight excluding hydrogens is 1010 g/mol. The summed E-state index contributed by atoms with van der Waals surface area (Å²) < 4.78 is 1.41. The molecule has 3 saturated heterocycles. The van der Waals surface area contributed by atoms with Crippen LogP contribution in [0.25, 0.3) is 27.8 Å². The molecule has 2 aromatic heterocycles. The van der Waals surface area contributed by atoms with Crippen LogP contribution >= 0.6 is 11.6 Å². The van der Waals surface area contributed by atoms with Crippen LogP contribution in [0.5, 0.6) is 11.5 Å². The fraction of sp³-hybridized carbons (Fsp3) is 0.414. The van der Waals surface area contributed by atoms with Gasteiger partial charge in [-0.1, -0.05) is 61.5 Å².